The summed E-state index contributed by atoms with van der Waals surface area (Å²) in [5.41, 5.74) is 2.76. The van der Waals surface area contributed by atoms with Crippen LogP contribution in [0.1, 0.15) is 31.3 Å². The van der Waals surface area contributed by atoms with Crippen LogP contribution in [0.15, 0.2) is 57.7 Å². The number of carbonyl (C=O) groups is 1. The van der Waals surface area contributed by atoms with E-state index in [1.54, 1.807) is 12.1 Å². The average molecular weight is 419 g/mol. The fraction of sp³-hybridized carbons (Fsp3) is 0.292. The molecule has 0 bridgehead atoms. The van der Waals surface area contributed by atoms with Gasteiger partial charge >= 0.3 is 5.63 Å². The number of amides is 1. The zero-order chi connectivity index (χ0) is 22.1. The fourth-order valence-electron chi connectivity index (χ4n) is 3.73. The van der Waals surface area contributed by atoms with Crippen molar-refractivity contribution in [2.45, 2.75) is 26.8 Å². The molecule has 0 aliphatic rings. The monoisotopic (exact) mass is 419 g/mol. The maximum atomic E-state index is 12.7. The average Bonchev–Trinajstić information content (AvgIpc) is 3.06. The minimum Gasteiger partial charge on any atom is -0.484 e. The van der Waals surface area contributed by atoms with Crippen molar-refractivity contribution in [3.8, 4) is 5.75 Å². The molecule has 31 heavy (non-hydrogen) atoms. The number of fused-ring (bicyclic) bond motifs is 2. The molecular weight excluding hydrogens is 394 g/mol. The Hall–Kier alpha value is -3.61. The van der Waals surface area contributed by atoms with Crippen molar-refractivity contribution in [2.75, 3.05) is 6.61 Å². The number of benzene rings is 2. The Kier molecular flexibility index (Phi) is 5.50. The summed E-state index contributed by atoms with van der Waals surface area (Å²) in [5.74, 6) is 1.14. The van der Waals surface area contributed by atoms with E-state index in [1.165, 1.54) is 6.07 Å². The predicted octanol–water partition coefficient (Wildman–Crippen LogP) is 3.88. The van der Waals surface area contributed by atoms with Crippen LogP contribution in [0.2, 0.25) is 0 Å². The smallest absolute Gasteiger partial charge is 0.336 e. The Morgan fingerprint density at radius 2 is 1.97 bits per heavy atom. The van der Waals surface area contributed by atoms with E-state index < -0.39 is 5.63 Å². The van der Waals surface area contributed by atoms with E-state index >= 15 is 0 Å². The molecule has 0 spiro atoms. The Morgan fingerprint density at radius 1 is 1.19 bits per heavy atom. The molecule has 0 aliphatic carbocycles. The van der Waals surface area contributed by atoms with Crippen LogP contribution >= 0.6 is 0 Å². The van der Waals surface area contributed by atoms with E-state index in [2.05, 4.69) is 5.32 Å². The molecule has 1 atom stereocenters. The first kappa shape index (κ1) is 20.7. The van der Waals surface area contributed by atoms with Gasteiger partial charge < -0.3 is 19.0 Å². The summed E-state index contributed by atoms with van der Waals surface area (Å²) in [6.07, 6.45) is 0. The van der Waals surface area contributed by atoms with Gasteiger partial charge in [-0.2, -0.15) is 0 Å². The van der Waals surface area contributed by atoms with Gasteiger partial charge in [0.1, 0.15) is 17.2 Å². The van der Waals surface area contributed by atoms with Gasteiger partial charge in [-0.25, -0.2) is 9.78 Å². The lowest BCUT2D eigenvalue weighted by Crippen LogP contribution is -2.36. The highest BCUT2D eigenvalue weighted by molar-refractivity contribution is 5.82. The third kappa shape index (κ3) is 4.17. The van der Waals surface area contributed by atoms with Crippen molar-refractivity contribution < 1.29 is 13.9 Å². The lowest BCUT2D eigenvalue weighted by molar-refractivity contribution is -0.124. The molecule has 4 aromatic rings. The largest absolute Gasteiger partial charge is 0.484 e. The van der Waals surface area contributed by atoms with Crippen LogP contribution in [0.3, 0.4) is 0 Å². The van der Waals surface area contributed by atoms with Crippen molar-refractivity contribution in [3.63, 3.8) is 0 Å². The molecule has 1 amide bonds. The van der Waals surface area contributed by atoms with Gasteiger partial charge in [0.25, 0.3) is 5.91 Å². The molecule has 1 N–H and O–H groups in total. The lowest BCUT2D eigenvalue weighted by atomic mass is 10.0. The molecule has 2 heterocycles. The van der Waals surface area contributed by atoms with Crippen LogP contribution in [0.25, 0.3) is 22.0 Å². The molecule has 160 valence electrons. The van der Waals surface area contributed by atoms with Gasteiger partial charge in [-0.1, -0.05) is 26.0 Å². The van der Waals surface area contributed by atoms with E-state index in [9.17, 15) is 9.59 Å². The lowest BCUT2D eigenvalue weighted by Gasteiger charge is -2.22. The van der Waals surface area contributed by atoms with Crippen molar-refractivity contribution >= 4 is 27.9 Å². The zero-order valence-electron chi connectivity index (χ0n) is 18.0. The van der Waals surface area contributed by atoms with Crippen molar-refractivity contribution in [2.24, 2.45) is 13.0 Å². The maximum absolute atomic E-state index is 12.7. The second kappa shape index (κ2) is 8.26. The molecule has 7 heteroatoms. The summed E-state index contributed by atoms with van der Waals surface area (Å²) in [6.45, 7) is 5.77. The number of carbonyl (C=O) groups excluding carboxylic acids is 1. The Morgan fingerprint density at radius 3 is 2.71 bits per heavy atom. The van der Waals surface area contributed by atoms with Crippen LogP contribution in [-0.4, -0.2) is 22.1 Å². The molecular formula is C24H25N3O4. The minimum atomic E-state index is -0.415. The number of aromatic nitrogens is 2. The Labute approximate surface area is 179 Å². The number of hydrogen-bond donors (Lipinski definition) is 1. The number of ether oxygens (including phenoxy) is 1. The Bertz CT molecular complexity index is 1320. The predicted molar refractivity (Wildman–Crippen MR) is 119 cm³/mol. The van der Waals surface area contributed by atoms with Gasteiger partial charge in [-0.15, -0.1) is 0 Å². The van der Waals surface area contributed by atoms with Gasteiger partial charge in [0, 0.05) is 24.6 Å². The summed E-state index contributed by atoms with van der Waals surface area (Å²) in [7, 11) is 1.95. The van der Waals surface area contributed by atoms with E-state index in [1.807, 2.05) is 62.7 Å². The van der Waals surface area contributed by atoms with E-state index in [-0.39, 0.29) is 24.5 Å². The number of imidazole rings is 1. The van der Waals surface area contributed by atoms with Crippen LogP contribution in [0.4, 0.5) is 0 Å². The third-order valence-electron chi connectivity index (χ3n) is 5.38. The second-order valence-electron chi connectivity index (χ2n) is 8.00. The van der Waals surface area contributed by atoms with Crippen LogP contribution in [-0.2, 0) is 11.8 Å². The molecule has 0 saturated heterocycles. The van der Waals surface area contributed by atoms with Gasteiger partial charge in [-0.05, 0) is 42.7 Å². The summed E-state index contributed by atoms with van der Waals surface area (Å²) in [6, 6.07) is 14.3. The van der Waals surface area contributed by atoms with E-state index in [4.69, 9.17) is 14.1 Å². The number of hydrogen-bond acceptors (Lipinski definition) is 5. The quantitative estimate of drug-likeness (QED) is 0.479. The normalized spacial score (nSPS) is 12.4. The first-order valence-corrected chi connectivity index (χ1v) is 10.2. The number of nitrogens with one attached hydrogen (secondary N) is 1. The van der Waals surface area contributed by atoms with Gasteiger partial charge in [0.15, 0.2) is 6.61 Å². The number of aryl methyl sites for hydroxylation is 2. The summed E-state index contributed by atoms with van der Waals surface area (Å²) in [4.78, 5) is 29.0. The standard InChI is InChI=1S/C24H25N3O4/c1-14(2)23(24-25-18-7-5-6-8-19(18)27(24)4)26-21(28)13-30-16-9-10-17-15(3)11-22(29)31-20(17)12-16/h5-12,14,23H,13H2,1-4H3,(H,26,28)/t23-/m1/s1. The maximum Gasteiger partial charge on any atom is 0.336 e. The molecule has 0 aliphatic heterocycles. The first-order valence-electron chi connectivity index (χ1n) is 10.2. The van der Waals surface area contributed by atoms with Crippen LogP contribution in [0.5, 0.6) is 5.75 Å². The summed E-state index contributed by atoms with van der Waals surface area (Å²) >= 11 is 0. The number of para-hydroxylation sites is 2. The highest BCUT2D eigenvalue weighted by atomic mass is 16.5. The molecule has 0 unspecified atom stereocenters. The van der Waals surface area contributed by atoms with Crippen molar-refractivity contribution in [3.05, 3.63) is 70.3 Å². The SMILES string of the molecule is Cc1cc(=O)oc2cc(OCC(=O)N[C@@H](c3nc4ccccc4n3C)C(C)C)ccc12. The molecule has 0 radical (unpaired) electrons. The molecule has 4 rings (SSSR count). The fourth-order valence-corrected chi connectivity index (χ4v) is 3.73. The van der Waals surface area contributed by atoms with E-state index in [0.29, 0.717) is 11.3 Å². The topological polar surface area (TPSA) is 86.4 Å². The third-order valence-corrected chi connectivity index (χ3v) is 5.38. The zero-order valence-corrected chi connectivity index (χ0v) is 18.0. The van der Waals surface area contributed by atoms with Crippen LogP contribution in [0, 0.1) is 12.8 Å². The highest BCUT2D eigenvalue weighted by Gasteiger charge is 2.24. The molecule has 0 fully saturated rings. The number of nitrogens with zero attached hydrogens (tertiary/aromatic N) is 2. The molecule has 2 aromatic carbocycles. The summed E-state index contributed by atoms with van der Waals surface area (Å²) < 4.78 is 12.9. The minimum absolute atomic E-state index is 0.136. The van der Waals surface area contributed by atoms with Crippen molar-refractivity contribution in [1.29, 1.82) is 0 Å². The van der Waals surface area contributed by atoms with Gasteiger partial charge in [0.2, 0.25) is 0 Å². The summed E-state index contributed by atoms with van der Waals surface area (Å²) in [5, 5.41) is 3.87. The highest BCUT2D eigenvalue weighted by Crippen LogP contribution is 2.25. The Balaban J connectivity index is 1.49. The number of rotatable bonds is 6. The van der Waals surface area contributed by atoms with Gasteiger partial charge in [-0.3, -0.25) is 4.79 Å². The molecule has 7 nitrogen and oxygen atoms in total. The van der Waals surface area contributed by atoms with E-state index in [0.717, 1.165) is 27.8 Å². The van der Waals surface area contributed by atoms with Crippen molar-refractivity contribution in [1.82, 2.24) is 14.9 Å². The molecule has 2 aromatic heterocycles. The van der Waals surface area contributed by atoms with Gasteiger partial charge in [0.05, 0.1) is 17.1 Å². The molecule has 0 saturated carbocycles. The first-order chi connectivity index (χ1) is 14.8. The second-order valence-corrected chi connectivity index (χ2v) is 8.00. The van der Waals surface area contributed by atoms with Crippen LogP contribution < -0.4 is 15.7 Å².